The average Bonchev–Trinajstić information content (AvgIpc) is 3.10. The third-order valence-electron chi connectivity index (χ3n) is 4.06. The van der Waals surface area contributed by atoms with E-state index in [0.717, 1.165) is 5.56 Å². The maximum Gasteiger partial charge on any atom is 0.292 e. The Kier molecular flexibility index (Phi) is 4.48. The summed E-state index contributed by atoms with van der Waals surface area (Å²) in [6, 6.07) is 17.0. The molecule has 4 aromatic rings. The largest absolute Gasteiger partial charge is 0.451 e. The number of fused-ring (bicyclic) bond motifs is 1. The van der Waals surface area contributed by atoms with Gasteiger partial charge in [-0.3, -0.25) is 9.59 Å². The van der Waals surface area contributed by atoms with E-state index in [1.54, 1.807) is 53.3 Å². The van der Waals surface area contributed by atoms with Crippen LogP contribution >= 0.6 is 11.6 Å². The molecule has 0 aliphatic heterocycles. The van der Waals surface area contributed by atoms with Gasteiger partial charge >= 0.3 is 0 Å². The van der Waals surface area contributed by atoms with Crippen molar-refractivity contribution in [1.82, 2.24) is 9.78 Å². The Labute approximate surface area is 159 Å². The second kappa shape index (κ2) is 7.09. The van der Waals surface area contributed by atoms with Crippen molar-refractivity contribution in [3.63, 3.8) is 0 Å². The highest BCUT2D eigenvalue weighted by Crippen LogP contribution is 2.16. The number of hydrogen-bond acceptors (Lipinski definition) is 4. The minimum atomic E-state index is -0.518. The van der Waals surface area contributed by atoms with Crippen LogP contribution in [-0.2, 0) is 6.54 Å². The van der Waals surface area contributed by atoms with Crippen molar-refractivity contribution in [3.8, 4) is 0 Å². The minimum Gasteiger partial charge on any atom is -0.451 e. The highest BCUT2D eigenvalue weighted by atomic mass is 35.5. The predicted molar refractivity (Wildman–Crippen MR) is 103 cm³/mol. The second-order valence-electron chi connectivity index (χ2n) is 5.93. The van der Waals surface area contributed by atoms with Crippen LogP contribution in [0.5, 0.6) is 0 Å². The molecule has 0 fully saturated rings. The predicted octanol–water partition coefficient (Wildman–Crippen LogP) is 3.94. The Balaban J connectivity index is 1.58. The fourth-order valence-corrected chi connectivity index (χ4v) is 2.85. The Morgan fingerprint density at radius 1 is 1.11 bits per heavy atom. The molecule has 0 saturated carbocycles. The monoisotopic (exact) mass is 379 g/mol. The van der Waals surface area contributed by atoms with E-state index in [2.05, 4.69) is 10.4 Å². The molecule has 134 valence electrons. The number of para-hydroxylation sites is 1. The number of hydrogen-bond donors (Lipinski definition) is 1. The molecule has 0 unspecified atom stereocenters. The number of nitrogens with one attached hydrogen (secondary N) is 1. The fraction of sp³-hybridized carbons (Fsp3) is 0.0500. The molecular weight excluding hydrogens is 366 g/mol. The standard InChI is InChI=1S/C20H14ClN3O3/c21-14-7-5-13(6-8-14)12-24-19(9-10-22-24)23-20(26)18-11-16(25)15-3-1-2-4-17(15)27-18/h1-11H,12H2,(H,23,26). The maximum absolute atomic E-state index is 12.6. The van der Waals surface area contributed by atoms with Crippen molar-refractivity contribution >= 4 is 34.3 Å². The molecule has 0 spiro atoms. The number of aromatic nitrogens is 2. The molecule has 0 atom stereocenters. The molecule has 27 heavy (non-hydrogen) atoms. The van der Waals surface area contributed by atoms with E-state index in [1.165, 1.54) is 6.07 Å². The summed E-state index contributed by atoms with van der Waals surface area (Å²) in [7, 11) is 0. The molecule has 0 aliphatic rings. The summed E-state index contributed by atoms with van der Waals surface area (Å²) in [6.45, 7) is 0.460. The van der Waals surface area contributed by atoms with Crippen molar-refractivity contribution in [2.24, 2.45) is 0 Å². The van der Waals surface area contributed by atoms with E-state index in [4.69, 9.17) is 16.0 Å². The maximum atomic E-state index is 12.6. The molecule has 1 amide bonds. The summed E-state index contributed by atoms with van der Waals surface area (Å²) in [4.78, 5) is 24.7. The number of rotatable bonds is 4. The summed E-state index contributed by atoms with van der Waals surface area (Å²) in [5.74, 6) is -0.0839. The number of nitrogens with zero attached hydrogens (tertiary/aromatic N) is 2. The van der Waals surface area contributed by atoms with Crippen LogP contribution in [0.15, 0.2) is 76.1 Å². The van der Waals surface area contributed by atoms with Crippen LogP contribution in [0.4, 0.5) is 5.82 Å². The first-order chi connectivity index (χ1) is 13.1. The van der Waals surface area contributed by atoms with Crippen molar-refractivity contribution in [3.05, 3.63) is 93.4 Å². The lowest BCUT2D eigenvalue weighted by Gasteiger charge is -2.09. The van der Waals surface area contributed by atoms with Crippen molar-refractivity contribution < 1.29 is 9.21 Å². The highest BCUT2D eigenvalue weighted by Gasteiger charge is 2.14. The normalized spacial score (nSPS) is 10.9. The SMILES string of the molecule is O=C(Nc1ccnn1Cc1ccc(Cl)cc1)c1cc(=O)c2ccccc2o1. The fourth-order valence-electron chi connectivity index (χ4n) is 2.72. The third-order valence-corrected chi connectivity index (χ3v) is 4.31. The summed E-state index contributed by atoms with van der Waals surface area (Å²) in [5.41, 5.74) is 1.08. The van der Waals surface area contributed by atoms with Crippen LogP contribution < -0.4 is 10.7 Å². The van der Waals surface area contributed by atoms with Gasteiger partial charge in [0, 0.05) is 17.2 Å². The van der Waals surface area contributed by atoms with E-state index >= 15 is 0 Å². The molecule has 1 N–H and O–H groups in total. The third kappa shape index (κ3) is 3.61. The van der Waals surface area contributed by atoms with Crippen molar-refractivity contribution in [2.45, 2.75) is 6.54 Å². The van der Waals surface area contributed by atoms with Gasteiger partial charge in [0.15, 0.2) is 11.2 Å². The van der Waals surface area contributed by atoms with E-state index in [1.807, 2.05) is 12.1 Å². The van der Waals surface area contributed by atoms with Gasteiger partial charge in [-0.05, 0) is 29.8 Å². The quantitative estimate of drug-likeness (QED) is 0.582. The lowest BCUT2D eigenvalue weighted by Crippen LogP contribution is -2.18. The van der Waals surface area contributed by atoms with Crippen LogP contribution in [0.2, 0.25) is 5.02 Å². The van der Waals surface area contributed by atoms with E-state index in [0.29, 0.717) is 28.4 Å². The van der Waals surface area contributed by atoms with Crippen molar-refractivity contribution in [1.29, 1.82) is 0 Å². The average molecular weight is 380 g/mol. The number of carbonyl (C=O) groups excluding carboxylic acids is 1. The molecular formula is C20H14ClN3O3. The molecule has 2 aromatic carbocycles. The number of halogens is 1. The van der Waals surface area contributed by atoms with Crippen molar-refractivity contribution in [2.75, 3.05) is 5.32 Å². The Hall–Kier alpha value is -3.38. The molecule has 0 bridgehead atoms. The first kappa shape index (κ1) is 17.1. The first-order valence-electron chi connectivity index (χ1n) is 8.21. The van der Waals surface area contributed by atoms with Crippen LogP contribution in [0, 0.1) is 0 Å². The summed E-state index contributed by atoms with van der Waals surface area (Å²) < 4.78 is 7.21. The number of benzene rings is 2. The lowest BCUT2D eigenvalue weighted by atomic mass is 10.2. The second-order valence-corrected chi connectivity index (χ2v) is 6.36. The number of amides is 1. The molecule has 4 rings (SSSR count). The Bertz CT molecular complexity index is 1180. The van der Waals surface area contributed by atoms with Gasteiger partial charge in [0.2, 0.25) is 0 Å². The topological polar surface area (TPSA) is 77.1 Å². The van der Waals surface area contributed by atoms with E-state index in [9.17, 15) is 9.59 Å². The zero-order valence-electron chi connectivity index (χ0n) is 14.1. The Morgan fingerprint density at radius 2 is 1.89 bits per heavy atom. The van der Waals surface area contributed by atoms with Crippen LogP contribution in [0.25, 0.3) is 11.0 Å². The Morgan fingerprint density at radius 3 is 2.70 bits per heavy atom. The lowest BCUT2D eigenvalue weighted by molar-refractivity contribution is 0.0996. The smallest absolute Gasteiger partial charge is 0.292 e. The van der Waals surface area contributed by atoms with Crippen LogP contribution in [-0.4, -0.2) is 15.7 Å². The minimum absolute atomic E-state index is 0.0575. The van der Waals surface area contributed by atoms with Gasteiger partial charge in [-0.1, -0.05) is 35.9 Å². The van der Waals surface area contributed by atoms with Crippen LogP contribution in [0.1, 0.15) is 16.1 Å². The summed E-state index contributed by atoms with van der Waals surface area (Å²) in [6.07, 6.45) is 1.59. The van der Waals surface area contributed by atoms with Crippen LogP contribution in [0.3, 0.4) is 0 Å². The van der Waals surface area contributed by atoms with Gasteiger partial charge in [-0.25, -0.2) is 4.68 Å². The molecule has 7 heteroatoms. The molecule has 0 radical (unpaired) electrons. The molecule has 0 aliphatic carbocycles. The molecule has 2 heterocycles. The molecule has 0 saturated heterocycles. The highest BCUT2D eigenvalue weighted by molar-refractivity contribution is 6.30. The van der Waals surface area contributed by atoms with Gasteiger partial charge in [0.25, 0.3) is 5.91 Å². The van der Waals surface area contributed by atoms with Gasteiger partial charge < -0.3 is 9.73 Å². The zero-order valence-corrected chi connectivity index (χ0v) is 14.8. The van der Waals surface area contributed by atoms with Gasteiger partial charge in [-0.2, -0.15) is 5.10 Å². The molecule has 2 aromatic heterocycles. The van der Waals surface area contributed by atoms with Gasteiger partial charge in [0.1, 0.15) is 11.4 Å². The number of carbonyl (C=O) groups is 1. The van der Waals surface area contributed by atoms with E-state index < -0.39 is 5.91 Å². The number of anilines is 1. The molecule has 6 nitrogen and oxygen atoms in total. The zero-order chi connectivity index (χ0) is 18.8. The van der Waals surface area contributed by atoms with E-state index in [-0.39, 0.29) is 11.2 Å². The first-order valence-corrected chi connectivity index (χ1v) is 8.58. The summed E-state index contributed by atoms with van der Waals surface area (Å²) >= 11 is 5.90. The van der Waals surface area contributed by atoms with Gasteiger partial charge in [-0.15, -0.1) is 0 Å². The summed E-state index contributed by atoms with van der Waals surface area (Å²) in [5, 5.41) is 8.04. The van der Waals surface area contributed by atoms with Gasteiger partial charge in [0.05, 0.1) is 18.1 Å².